The minimum atomic E-state index is -4.75. The summed E-state index contributed by atoms with van der Waals surface area (Å²) in [6.45, 7) is 1.52. The van der Waals surface area contributed by atoms with Crippen LogP contribution in [0.15, 0.2) is 48.5 Å². The van der Waals surface area contributed by atoms with Gasteiger partial charge < -0.3 is 5.32 Å². The van der Waals surface area contributed by atoms with Crippen molar-refractivity contribution in [2.24, 2.45) is 5.41 Å². The summed E-state index contributed by atoms with van der Waals surface area (Å²) in [5.41, 5.74) is -1.76. The predicted molar refractivity (Wildman–Crippen MR) is 107 cm³/mol. The number of likely N-dealkylation sites (tertiary alicyclic amines) is 1. The maximum Gasteiger partial charge on any atom is 0.404 e. The molecule has 1 amide bonds. The van der Waals surface area contributed by atoms with Crippen LogP contribution in [0.5, 0.6) is 0 Å². The summed E-state index contributed by atoms with van der Waals surface area (Å²) in [7, 11) is 0. The highest BCUT2D eigenvalue weighted by Crippen LogP contribution is 2.46. The number of benzene rings is 2. The smallest absolute Gasteiger partial charge is 0.325 e. The van der Waals surface area contributed by atoms with Crippen molar-refractivity contribution in [1.29, 1.82) is 0 Å². The third kappa shape index (κ3) is 4.07. The molecule has 0 aliphatic carbocycles. The summed E-state index contributed by atoms with van der Waals surface area (Å²) in [5, 5.41) is 13.1. The van der Waals surface area contributed by atoms with Gasteiger partial charge in [-0.15, -0.1) is 5.10 Å². The molecule has 32 heavy (non-hydrogen) atoms. The first-order chi connectivity index (χ1) is 15.2. The summed E-state index contributed by atoms with van der Waals surface area (Å²) in [6, 6.07) is 12.6. The average Bonchev–Trinajstić information content (AvgIpc) is 3.37. The highest BCUT2D eigenvalue weighted by Gasteiger charge is 2.63. The van der Waals surface area contributed by atoms with Gasteiger partial charge in [-0.1, -0.05) is 30.3 Å². The van der Waals surface area contributed by atoms with Crippen molar-refractivity contribution in [3.63, 3.8) is 0 Å². The summed E-state index contributed by atoms with van der Waals surface area (Å²) < 4.78 is 57.7. The summed E-state index contributed by atoms with van der Waals surface area (Å²) in [6.07, 6.45) is -5.12. The van der Waals surface area contributed by atoms with E-state index in [9.17, 15) is 22.4 Å². The van der Waals surface area contributed by atoms with Crippen molar-refractivity contribution in [3.8, 4) is 5.69 Å². The molecule has 0 saturated carbocycles. The van der Waals surface area contributed by atoms with Crippen molar-refractivity contribution in [2.75, 3.05) is 18.4 Å². The number of anilines is 1. The Morgan fingerprint density at radius 3 is 2.59 bits per heavy atom. The van der Waals surface area contributed by atoms with Gasteiger partial charge >= 0.3 is 6.18 Å². The number of aromatic nitrogens is 4. The number of amides is 1. The first-order valence-corrected chi connectivity index (χ1v) is 9.89. The Hall–Kier alpha value is -3.34. The van der Waals surface area contributed by atoms with E-state index in [1.165, 1.54) is 12.1 Å². The number of carbonyl (C=O) groups is 1. The van der Waals surface area contributed by atoms with Crippen molar-refractivity contribution in [1.82, 2.24) is 25.1 Å². The summed E-state index contributed by atoms with van der Waals surface area (Å²) >= 11 is 0. The number of alkyl halides is 3. The van der Waals surface area contributed by atoms with Gasteiger partial charge in [-0.2, -0.15) is 17.9 Å². The molecule has 1 fully saturated rings. The van der Waals surface area contributed by atoms with E-state index >= 15 is 0 Å². The quantitative estimate of drug-likeness (QED) is 0.605. The lowest BCUT2D eigenvalue weighted by atomic mass is 9.85. The Morgan fingerprint density at radius 1 is 1.19 bits per heavy atom. The van der Waals surface area contributed by atoms with E-state index in [2.05, 4.69) is 20.8 Å². The standard InChI is InChI=1S/C21H20F4N6O/c1-14-27-28-29-31(14)18-11-16(7-8-17(18)22)26-19(32)20(21(23,24)25)9-10-30(13-20)12-15-5-3-2-4-6-15/h2-8,11H,9-10,12-13H2,1H3,(H,26,32). The first-order valence-electron chi connectivity index (χ1n) is 9.89. The molecule has 1 aliphatic heterocycles. The zero-order valence-electron chi connectivity index (χ0n) is 17.1. The third-order valence-electron chi connectivity index (χ3n) is 5.63. The van der Waals surface area contributed by atoms with Crippen LogP contribution in [0, 0.1) is 18.2 Å². The number of hydrogen-bond donors (Lipinski definition) is 1. The Morgan fingerprint density at radius 2 is 1.94 bits per heavy atom. The zero-order valence-corrected chi connectivity index (χ0v) is 17.1. The highest BCUT2D eigenvalue weighted by molar-refractivity contribution is 5.96. The second-order valence-electron chi connectivity index (χ2n) is 7.78. The van der Waals surface area contributed by atoms with Crippen LogP contribution in [-0.2, 0) is 11.3 Å². The van der Waals surface area contributed by atoms with Gasteiger partial charge in [-0.05, 0) is 54.1 Å². The van der Waals surface area contributed by atoms with Gasteiger partial charge in [0.2, 0.25) is 5.91 Å². The number of hydrogen-bond acceptors (Lipinski definition) is 5. The van der Waals surface area contributed by atoms with Crippen LogP contribution in [0.25, 0.3) is 5.69 Å². The fourth-order valence-electron chi connectivity index (χ4n) is 3.87. The van der Waals surface area contributed by atoms with Crippen LogP contribution in [0.2, 0.25) is 0 Å². The minimum absolute atomic E-state index is 0.0198. The maximum absolute atomic E-state index is 14.3. The molecule has 0 radical (unpaired) electrons. The van der Waals surface area contributed by atoms with Gasteiger partial charge in [-0.25, -0.2) is 4.39 Å². The zero-order chi connectivity index (χ0) is 22.9. The molecule has 1 aliphatic rings. The molecular weight excluding hydrogens is 428 g/mol. The molecule has 11 heteroatoms. The molecule has 4 rings (SSSR count). The van der Waals surface area contributed by atoms with Crippen LogP contribution < -0.4 is 5.32 Å². The van der Waals surface area contributed by atoms with Gasteiger partial charge in [0.25, 0.3) is 0 Å². The molecule has 1 aromatic heterocycles. The van der Waals surface area contributed by atoms with Crippen molar-refractivity contribution >= 4 is 11.6 Å². The summed E-state index contributed by atoms with van der Waals surface area (Å²) in [4.78, 5) is 14.5. The van der Waals surface area contributed by atoms with Gasteiger partial charge in [0.15, 0.2) is 11.2 Å². The number of nitrogens with one attached hydrogen (secondary N) is 1. The summed E-state index contributed by atoms with van der Waals surface area (Å²) in [5.74, 6) is -1.57. The van der Waals surface area contributed by atoms with E-state index < -0.39 is 29.9 Å². The average molecular weight is 448 g/mol. The Kier molecular flexibility index (Phi) is 5.68. The van der Waals surface area contributed by atoms with Crippen molar-refractivity contribution in [3.05, 3.63) is 65.7 Å². The fraction of sp³-hybridized carbons (Fsp3) is 0.333. The minimum Gasteiger partial charge on any atom is -0.325 e. The van der Waals surface area contributed by atoms with E-state index in [4.69, 9.17) is 0 Å². The van der Waals surface area contributed by atoms with E-state index in [0.717, 1.165) is 16.3 Å². The lowest BCUT2D eigenvalue weighted by Crippen LogP contribution is -2.49. The van der Waals surface area contributed by atoms with E-state index in [1.807, 2.05) is 30.3 Å². The normalized spacial score (nSPS) is 19.3. The molecule has 3 aromatic rings. The maximum atomic E-state index is 14.3. The number of tetrazole rings is 1. The second-order valence-corrected chi connectivity index (χ2v) is 7.78. The van der Waals surface area contributed by atoms with Crippen molar-refractivity contribution in [2.45, 2.75) is 26.1 Å². The molecule has 1 N–H and O–H groups in total. The number of halogens is 4. The predicted octanol–water partition coefficient (Wildman–Crippen LogP) is 3.50. The molecule has 0 bridgehead atoms. The van der Waals surface area contributed by atoms with Crippen LogP contribution in [-0.4, -0.2) is 50.3 Å². The molecular formula is C21H20F4N6O. The molecule has 0 spiro atoms. The molecule has 7 nitrogen and oxygen atoms in total. The third-order valence-corrected chi connectivity index (χ3v) is 5.63. The molecule has 2 heterocycles. The molecule has 1 atom stereocenters. The second kappa shape index (κ2) is 8.30. The Balaban J connectivity index is 1.57. The Labute approximate surface area is 181 Å². The van der Waals surface area contributed by atoms with Gasteiger partial charge in [0, 0.05) is 18.8 Å². The SMILES string of the molecule is Cc1nnnn1-c1cc(NC(=O)C2(C(F)(F)F)CCN(Cc3ccccc3)C2)ccc1F. The van der Waals surface area contributed by atoms with E-state index in [-0.39, 0.29) is 30.2 Å². The topological polar surface area (TPSA) is 75.9 Å². The monoisotopic (exact) mass is 448 g/mol. The Bertz CT molecular complexity index is 1120. The lowest BCUT2D eigenvalue weighted by molar-refractivity contribution is -0.215. The molecule has 1 unspecified atom stereocenters. The lowest BCUT2D eigenvalue weighted by Gasteiger charge is -2.30. The molecule has 2 aromatic carbocycles. The van der Waals surface area contributed by atoms with Gasteiger partial charge in [0.1, 0.15) is 11.5 Å². The molecule has 168 valence electrons. The first kappa shape index (κ1) is 21.9. The number of nitrogens with zero attached hydrogens (tertiary/aromatic N) is 5. The number of rotatable bonds is 5. The van der Waals surface area contributed by atoms with Crippen LogP contribution >= 0.6 is 0 Å². The van der Waals surface area contributed by atoms with Gasteiger partial charge in [0.05, 0.1) is 0 Å². The van der Waals surface area contributed by atoms with E-state index in [0.29, 0.717) is 6.54 Å². The van der Waals surface area contributed by atoms with Crippen molar-refractivity contribution < 1.29 is 22.4 Å². The van der Waals surface area contributed by atoms with Crippen LogP contribution in [0.4, 0.5) is 23.2 Å². The van der Waals surface area contributed by atoms with Crippen LogP contribution in [0.3, 0.4) is 0 Å². The highest BCUT2D eigenvalue weighted by atomic mass is 19.4. The fourth-order valence-corrected chi connectivity index (χ4v) is 3.87. The molecule has 1 saturated heterocycles. The van der Waals surface area contributed by atoms with E-state index in [1.54, 1.807) is 11.8 Å². The van der Waals surface area contributed by atoms with Gasteiger partial charge in [-0.3, -0.25) is 9.69 Å². The largest absolute Gasteiger partial charge is 0.404 e. The van der Waals surface area contributed by atoms with Crippen LogP contribution in [0.1, 0.15) is 17.8 Å². The number of carbonyl (C=O) groups excluding carboxylic acids is 1. The number of aryl methyl sites for hydroxylation is 1.